The van der Waals surface area contributed by atoms with Crippen LogP contribution in [0, 0.1) is 0 Å². The summed E-state index contributed by atoms with van der Waals surface area (Å²) in [5.74, 6) is 1.49. The summed E-state index contributed by atoms with van der Waals surface area (Å²) < 4.78 is 5.29. The van der Waals surface area contributed by atoms with Crippen LogP contribution in [0.4, 0.5) is 0 Å². The highest BCUT2D eigenvalue weighted by molar-refractivity contribution is 6.30. The van der Waals surface area contributed by atoms with E-state index in [0.29, 0.717) is 10.8 Å². The topological polar surface area (TPSA) is 49.9 Å². The first-order chi connectivity index (χ1) is 8.24. The molecule has 4 nitrogen and oxygen atoms in total. The van der Waals surface area contributed by atoms with E-state index < -0.39 is 0 Å². The van der Waals surface area contributed by atoms with E-state index in [2.05, 4.69) is 15.3 Å². The lowest BCUT2D eigenvalue weighted by Crippen LogP contribution is -2.04. The number of aromatic amines is 1. The summed E-state index contributed by atoms with van der Waals surface area (Å²) >= 11 is 5.92. The number of benzene rings is 1. The van der Waals surface area contributed by atoms with Gasteiger partial charge in [0, 0.05) is 23.5 Å². The molecule has 0 atom stereocenters. The van der Waals surface area contributed by atoms with Gasteiger partial charge in [0.1, 0.15) is 11.6 Å². The number of nitrogens with zero attached hydrogens (tertiary/aromatic N) is 1. The van der Waals surface area contributed by atoms with E-state index in [9.17, 15) is 0 Å². The van der Waals surface area contributed by atoms with Crippen LogP contribution in [0.5, 0.6) is 5.75 Å². The minimum atomic E-state index is 0.646. The van der Waals surface area contributed by atoms with Crippen molar-refractivity contribution in [3.8, 4) is 17.1 Å². The van der Waals surface area contributed by atoms with Crippen molar-refractivity contribution in [1.82, 2.24) is 15.3 Å². The lowest BCUT2D eigenvalue weighted by Gasteiger charge is -2.06. The molecule has 2 aromatic rings. The van der Waals surface area contributed by atoms with Gasteiger partial charge in [0.05, 0.1) is 12.7 Å². The first-order valence-corrected chi connectivity index (χ1v) is 5.64. The van der Waals surface area contributed by atoms with Crippen molar-refractivity contribution < 1.29 is 4.74 Å². The molecule has 1 aromatic heterocycles. The van der Waals surface area contributed by atoms with Gasteiger partial charge in [0.25, 0.3) is 0 Å². The molecule has 0 bridgehead atoms. The molecule has 17 heavy (non-hydrogen) atoms. The highest BCUT2D eigenvalue weighted by Gasteiger charge is 2.09. The highest BCUT2D eigenvalue weighted by atomic mass is 35.5. The predicted octanol–water partition coefficient (Wildman–Crippen LogP) is 2.46. The summed E-state index contributed by atoms with van der Waals surface area (Å²) in [5.41, 5.74) is 1.93. The van der Waals surface area contributed by atoms with Crippen LogP contribution in [0.3, 0.4) is 0 Å². The molecule has 0 saturated carbocycles. The minimum Gasteiger partial charge on any atom is -0.496 e. The third kappa shape index (κ3) is 2.60. The second-order valence-corrected chi connectivity index (χ2v) is 4.07. The quantitative estimate of drug-likeness (QED) is 0.878. The smallest absolute Gasteiger partial charge is 0.141 e. The summed E-state index contributed by atoms with van der Waals surface area (Å²) in [5, 5.41) is 3.71. The fraction of sp³-hybridized carbons (Fsp3) is 0.250. The van der Waals surface area contributed by atoms with Gasteiger partial charge in [-0.3, -0.25) is 0 Å². The van der Waals surface area contributed by atoms with Crippen molar-refractivity contribution in [2.75, 3.05) is 14.2 Å². The number of halogens is 1. The predicted molar refractivity (Wildman–Crippen MR) is 68.3 cm³/mol. The van der Waals surface area contributed by atoms with Crippen molar-refractivity contribution in [3.05, 3.63) is 35.1 Å². The number of hydrogen-bond donors (Lipinski definition) is 2. The third-order valence-electron chi connectivity index (χ3n) is 2.41. The van der Waals surface area contributed by atoms with Crippen molar-refractivity contribution >= 4 is 11.6 Å². The van der Waals surface area contributed by atoms with Gasteiger partial charge in [-0.05, 0) is 25.2 Å². The number of ether oxygens (including phenoxy) is 1. The SMILES string of the molecule is CNCc1cnc(-c2ccc(Cl)cc2OC)[nH]1. The molecule has 0 aliphatic rings. The first kappa shape index (κ1) is 12.0. The molecule has 2 N–H and O–H groups in total. The van der Waals surface area contributed by atoms with E-state index in [4.69, 9.17) is 16.3 Å². The van der Waals surface area contributed by atoms with Gasteiger partial charge >= 0.3 is 0 Å². The van der Waals surface area contributed by atoms with E-state index in [-0.39, 0.29) is 0 Å². The average Bonchev–Trinajstić information content (AvgIpc) is 2.78. The number of hydrogen-bond acceptors (Lipinski definition) is 3. The normalized spacial score (nSPS) is 10.5. The molecule has 1 aromatic carbocycles. The molecular weight excluding hydrogens is 238 g/mol. The lowest BCUT2D eigenvalue weighted by atomic mass is 10.2. The zero-order valence-corrected chi connectivity index (χ0v) is 10.5. The maximum absolute atomic E-state index is 5.92. The van der Waals surface area contributed by atoms with Crippen molar-refractivity contribution in [2.24, 2.45) is 0 Å². The van der Waals surface area contributed by atoms with E-state index >= 15 is 0 Å². The Hall–Kier alpha value is -1.52. The monoisotopic (exact) mass is 251 g/mol. The van der Waals surface area contributed by atoms with Crippen LogP contribution in [-0.4, -0.2) is 24.1 Å². The van der Waals surface area contributed by atoms with Gasteiger partial charge in [-0.2, -0.15) is 0 Å². The van der Waals surface area contributed by atoms with E-state index in [1.807, 2.05) is 19.2 Å². The van der Waals surface area contributed by atoms with Crippen molar-refractivity contribution in [1.29, 1.82) is 0 Å². The van der Waals surface area contributed by atoms with Gasteiger partial charge in [0.15, 0.2) is 0 Å². The van der Waals surface area contributed by atoms with E-state index in [1.54, 1.807) is 19.4 Å². The van der Waals surface area contributed by atoms with Gasteiger partial charge in [-0.25, -0.2) is 4.98 Å². The Morgan fingerprint density at radius 2 is 2.29 bits per heavy atom. The zero-order chi connectivity index (χ0) is 12.3. The second-order valence-electron chi connectivity index (χ2n) is 3.63. The second kappa shape index (κ2) is 5.21. The largest absolute Gasteiger partial charge is 0.496 e. The Bertz CT molecular complexity index is 510. The van der Waals surface area contributed by atoms with E-state index in [1.165, 1.54) is 0 Å². The molecule has 2 rings (SSSR count). The molecule has 0 fully saturated rings. The zero-order valence-electron chi connectivity index (χ0n) is 9.75. The number of methoxy groups -OCH3 is 1. The van der Waals surface area contributed by atoms with Crippen LogP contribution in [0.2, 0.25) is 5.02 Å². The molecule has 90 valence electrons. The Labute approximate surface area is 105 Å². The van der Waals surface area contributed by atoms with Gasteiger partial charge < -0.3 is 15.0 Å². The summed E-state index contributed by atoms with van der Waals surface area (Å²) in [7, 11) is 3.51. The van der Waals surface area contributed by atoms with Crippen molar-refractivity contribution in [3.63, 3.8) is 0 Å². The highest BCUT2D eigenvalue weighted by Crippen LogP contribution is 2.30. The summed E-state index contributed by atoms with van der Waals surface area (Å²) in [6.07, 6.45) is 1.81. The van der Waals surface area contributed by atoms with E-state index in [0.717, 1.165) is 23.6 Å². The molecule has 0 saturated heterocycles. The summed E-state index contributed by atoms with van der Waals surface area (Å²) in [4.78, 5) is 7.55. The molecular formula is C12H14ClN3O. The molecule has 0 spiro atoms. The number of nitrogens with one attached hydrogen (secondary N) is 2. The Morgan fingerprint density at radius 1 is 1.47 bits per heavy atom. The average molecular weight is 252 g/mol. The Morgan fingerprint density at radius 3 is 3.00 bits per heavy atom. The number of rotatable bonds is 4. The Kier molecular flexibility index (Phi) is 3.66. The van der Waals surface area contributed by atoms with Crippen LogP contribution < -0.4 is 10.1 Å². The molecule has 0 amide bonds. The molecule has 0 unspecified atom stereocenters. The fourth-order valence-corrected chi connectivity index (χ4v) is 1.80. The molecule has 0 aliphatic heterocycles. The van der Waals surface area contributed by atoms with Crippen molar-refractivity contribution in [2.45, 2.75) is 6.54 Å². The Balaban J connectivity index is 2.37. The van der Waals surface area contributed by atoms with Crippen LogP contribution in [-0.2, 0) is 6.54 Å². The lowest BCUT2D eigenvalue weighted by molar-refractivity contribution is 0.416. The number of H-pyrrole nitrogens is 1. The fourth-order valence-electron chi connectivity index (χ4n) is 1.64. The molecule has 1 heterocycles. The van der Waals surface area contributed by atoms with Crippen LogP contribution >= 0.6 is 11.6 Å². The molecule has 0 radical (unpaired) electrons. The maximum Gasteiger partial charge on any atom is 0.141 e. The standard InChI is InChI=1S/C12H14ClN3O/c1-14-6-9-7-15-12(16-9)10-4-3-8(13)5-11(10)17-2/h3-5,7,14H,6H2,1-2H3,(H,15,16). The summed E-state index contributed by atoms with van der Waals surface area (Å²) in [6.45, 7) is 0.753. The third-order valence-corrected chi connectivity index (χ3v) is 2.65. The van der Waals surface area contributed by atoms with Crippen LogP contribution in [0.1, 0.15) is 5.69 Å². The summed E-state index contributed by atoms with van der Waals surface area (Å²) in [6, 6.07) is 5.49. The number of imidazole rings is 1. The van der Waals surface area contributed by atoms with Crippen LogP contribution in [0.25, 0.3) is 11.4 Å². The minimum absolute atomic E-state index is 0.646. The van der Waals surface area contributed by atoms with Gasteiger partial charge in [-0.1, -0.05) is 11.6 Å². The van der Waals surface area contributed by atoms with Crippen LogP contribution in [0.15, 0.2) is 24.4 Å². The maximum atomic E-state index is 5.92. The van der Waals surface area contributed by atoms with Gasteiger partial charge in [0.2, 0.25) is 0 Å². The van der Waals surface area contributed by atoms with Gasteiger partial charge in [-0.15, -0.1) is 0 Å². The number of aromatic nitrogens is 2. The molecule has 0 aliphatic carbocycles. The molecule has 5 heteroatoms. The first-order valence-electron chi connectivity index (χ1n) is 5.27.